The lowest BCUT2D eigenvalue weighted by Crippen LogP contribution is -2.33. The highest BCUT2D eigenvalue weighted by Crippen LogP contribution is 2.65. The molecule has 0 spiro atoms. The van der Waals surface area contributed by atoms with Crippen LogP contribution in [0.1, 0.15) is 45.4 Å². The molecule has 3 aliphatic carbocycles. The summed E-state index contributed by atoms with van der Waals surface area (Å²) in [5.74, 6) is 3.17. The molecule has 4 unspecified atom stereocenters. The number of Topliss-reactive ketones (excluding diaryl/α,β-unsaturated/α-hetero) is 1. The fourth-order valence-electron chi connectivity index (χ4n) is 4.64. The van der Waals surface area contributed by atoms with Crippen molar-refractivity contribution in [3.63, 3.8) is 0 Å². The van der Waals surface area contributed by atoms with Crippen LogP contribution in [0.2, 0.25) is 0 Å². The molecule has 0 N–H and O–H groups in total. The minimum atomic E-state index is 0.172. The van der Waals surface area contributed by atoms with Crippen LogP contribution in [0.3, 0.4) is 0 Å². The molecule has 0 aromatic rings. The highest BCUT2D eigenvalue weighted by molar-refractivity contribution is 5.83. The Labute approximate surface area is 79.9 Å². The molecular weight excluding hydrogens is 160 g/mol. The van der Waals surface area contributed by atoms with Gasteiger partial charge in [0.2, 0.25) is 0 Å². The monoisotopic (exact) mass is 178 g/mol. The van der Waals surface area contributed by atoms with Crippen molar-refractivity contribution in [2.45, 2.75) is 45.4 Å². The third kappa shape index (κ3) is 0.812. The molecule has 0 heterocycles. The first-order chi connectivity index (χ1) is 6.24. The quantitative estimate of drug-likeness (QED) is 0.603. The predicted octanol–water partition coefficient (Wildman–Crippen LogP) is 2.79. The van der Waals surface area contributed by atoms with E-state index in [9.17, 15) is 4.79 Å². The second-order valence-corrected chi connectivity index (χ2v) is 5.42. The maximum atomic E-state index is 11.8. The van der Waals surface area contributed by atoms with Crippen molar-refractivity contribution < 1.29 is 4.79 Å². The first-order valence-corrected chi connectivity index (χ1v) is 5.75. The van der Waals surface area contributed by atoms with E-state index in [1.165, 1.54) is 38.5 Å². The molecule has 3 aliphatic rings. The van der Waals surface area contributed by atoms with Crippen molar-refractivity contribution in [1.82, 2.24) is 0 Å². The Morgan fingerprint density at radius 2 is 2.15 bits per heavy atom. The van der Waals surface area contributed by atoms with Crippen LogP contribution in [0, 0.1) is 23.2 Å². The Kier molecular flexibility index (Phi) is 1.46. The van der Waals surface area contributed by atoms with Gasteiger partial charge in [0.25, 0.3) is 0 Å². The Hall–Kier alpha value is -0.330. The fraction of sp³-hybridized carbons (Fsp3) is 0.917. The smallest absolute Gasteiger partial charge is 0.136 e. The number of ketones is 1. The van der Waals surface area contributed by atoms with Crippen LogP contribution in [0.15, 0.2) is 0 Å². The maximum absolute atomic E-state index is 11.8. The molecule has 3 fully saturated rings. The summed E-state index contributed by atoms with van der Waals surface area (Å²) in [5.41, 5.74) is 0.172. The van der Waals surface area contributed by atoms with Crippen LogP contribution in [-0.4, -0.2) is 5.78 Å². The number of rotatable bonds is 1. The second kappa shape index (κ2) is 2.37. The van der Waals surface area contributed by atoms with Gasteiger partial charge in [0.1, 0.15) is 5.78 Å². The van der Waals surface area contributed by atoms with Gasteiger partial charge in [-0.2, -0.15) is 0 Å². The van der Waals surface area contributed by atoms with Crippen molar-refractivity contribution in [3.05, 3.63) is 0 Å². The lowest BCUT2D eigenvalue weighted by molar-refractivity contribution is -0.128. The average molecular weight is 178 g/mol. The van der Waals surface area contributed by atoms with Gasteiger partial charge in [-0.25, -0.2) is 0 Å². The van der Waals surface area contributed by atoms with Crippen LogP contribution >= 0.6 is 0 Å². The van der Waals surface area contributed by atoms with Crippen molar-refractivity contribution in [3.8, 4) is 0 Å². The summed E-state index contributed by atoms with van der Waals surface area (Å²) in [7, 11) is 0. The van der Waals surface area contributed by atoms with Gasteiger partial charge in [-0.1, -0.05) is 6.42 Å². The van der Waals surface area contributed by atoms with Gasteiger partial charge in [-0.05, 0) is 56.8 Å². The normalized spacial score (nSPS) is 52.5. The zero-order valence-corrected chi connectivity index (χ0v) is 8.38. The van der Waals surface area contributed by atoms with Crippen LogP contribution in [0.25, 0.3) is 0 Å². The summed E-state index contributed by atoms with van der Waals surface area (Å²) in [6.45, 7) is 1.84. The topological polar surface area (TPSA) is 17.1 Å². The lowest BCUT2D eigenvalue weighted by Gasteiger charge is -2.33. The third-order valence-corrected chi connectivity index (χ3v) is 5.17. The number of hydrogen-bond acceptors (Lipinski definition) is 1. The molecule has 0 amide bonds. The molecule has 4 atom stereocenters. The summed E-state index contributed by atoms with van der Waals surface area (Å²) >= 11 is 0. The molecule has 0 aliphatic heterocycles. The molecule has 0 aromatic carbocycles. The first-order valence-electron chi connectivity index (χ1n) is 5.75. The SMILES string of the molecule is CC(=O)C12CCC(C1)C1CCCC12. The van der Waals surface area contributed by atoms with E-state index in [4.69, 9.17) is 0 Å². The predicted molar refractivity (Wildman–Crippen MR) is 51.3 cm³/mol. The highest BCUT2D eigenvalue weighted by Gasteiger charge is 2.60. The summed E-state index contributed by atoms with van der Waals surface area (Å²) in [4.78, 5) is 11.8. The van der Waals surface area contributed by atoms with Crippen molar-refractivity contribution in [2.24, 2.45) is 23.2 Å². The maximum Gasteiger partial charge on any atom is 0.136 e. The third-order valence-electron chi connectivity index (χ3n) is 5.17. The van der Waals surface area contributed by atoms with Gasteiger partial charge in [0.15, 0.2) is 0 Å². The van der Waals surface area contributed by atoms with E-state index in [2.05, 4.69) is 0 Å². The molecule has 2 bridgehead atoms. The number of carbonyl (C=O) groups excluding carboxylic acids is 1. The zero-order chi connectivity index (χ0) is 9.05. The summed E-state index contributed by atoms with van der Waals surface area (Å²) < 4.78 is 0. The molecule has 72 valence electrons. The van der Waals surface area contributed by atoms with E-state index in [-0.39, 0.29) is 5.41 Å². The number of hydrogen-bond donors (Lipinski definition) is 0. The minimum Gasteiger partial charge on any atom is -0.299 e. The Balaban J connectivity index is 2.00. The number of fused-ring (bicyclic) bond motifs is 5. The van der Waals surface area contributed by atoms with Crippen molar-refractivity contribution in [2.75, 3.05) is 0 Å². The Morgan fingerprint density at radius 3 is 2.92 bits per heavy atom. The molecule has 0 saturated heterocycles. The van der Waals surface area contributed by atoms with Gasteiger partial charge in [0, 0.05) is 5.41 Å². The molecule has 1 nitrogen and oxygen atoms in total. The van der Waals surface area contributed by atoms with Crippen LogP contribution in [0.4, 0.5) is 0 Å². The van der Waals surface area contributed by atoms with Gasteiger partial charge < -0.3 is 0 Å². The lowest BCUT2D eigenvalue weighted by atomic mass is 9.69. The average Bonchev–Trinajstić information content (AvgIpc) is 2.76. The molecular formula is C12H18O. The van der Waals surface area contributed by atoms with Gasteiger partial charge in [0.05, 0.1) is 0 Å². The van der Waals surface area contributed by atoms with Crippen molar-refractivity contribution >= 4 is 5.78 Å². The summed E-state index contributed by atoms with van der Waals surface area (Å²) in [6.07, 6.45) is 7.97. The van der Waals surface area contributed by atoms with E-state index in [1.54, 1.807) is 0 Å². The van der Waals surface area contributed by atoms with Gasteiger partial charge in [-0.3, -0.25) is 4.79 Å². The first kappa shape index (κ1) is 8.02. The van der Waals surface area contributed by atoms with Crippen LogP contribution < -0.4 is 0 Å². The number of carbonyl (C=O) groups is 1. The molecule has 3 saturated carbocycles. The standard InChI is InChI=1S/C12H18O/c1-8(13)12-6-5-9(7-12)10-3-2-4-11(10)12/h9-11H,2-7H2,1H3. The molecule has 0 aromatic heterocycles. The minimum absolute atomic E-state index is 0.172. The molecule has 0 radical (unpaired) electrons. The highest BCUT2D eigenvalue weighted by atomic mass is 16.1. The van der Waals surface area contributed by atoms with E-state index >= 15 is 0 Å². The van der Waals surface area contributed by atoms with Gasteiger partial charge in [-0.15, -0.1) is 0 Å². The summed E-state index contributed by atoms with van der Waals surface area (Å²) in [5, 5.41) is 0. The fourth-order valence-corrected chi connectivity index (χ4v) is 4.64. The molecule has 1 heteroatoms. The Morgan fingerprint density at radius 1 is 1.31 bits per heavy atom. The van der Waals surface area contributed by atoms with Crippen LogP contribution in [-0.2, 0) is 4.79 Å². The van der Waals surface area contributed by atoms with E-state index in [1.807, 2.05) is 6.92 Å². The van der Waals surface area contributed by atoms with Gasteiger partial charge >= 0.3 is 0 Å². The zero-order valence-electron chi connectivity index (χ0n) is 8.38. The molecule has 13 heavy (non-hydrogen) atoms. The van der Waals surface area contributed by atoms with Crippen LogP contribution in [0.5, 0.6) is 0 Å². The largest absolute Gasteiger partial charge is 0.299 e. The van der Waals surface area contributed by atoms with E-state index < -0.39 is 0 Å². The van der Waals surface area contributed by atoms with E-state index in [0.717, 1.165) is 17.8 Å². The van der Waals surface area contributed by atoms with E-state index in [0.29, 0.717) is 5.78 Å². The van der Waals surface area contributed by atoms with Crippen molar-refractivity contribution in [1.29, 1.82) is 0 Å². The second-order valence-electron chi connectivity index (χ2n) is 5.42. The Bertz CT molecular complexity index is 258. The molecule has 3 rings (SSSR count). The summed E-state index contributed by atoms with van der Waals surface area (Å²) in [6, 6.07) is 0.